The Morgan fingerprint density at radius 3 is 2.76 bits per heavy atom. The molecule has 0 aliphatic heterocycles. The van der Waals surface area contributed by atoms with Crippen molar-refractivity contribution < 1.29 is 0 Å². The highest BCUT2D eigenvalue weighted by atomic mass is 32.1. The van der Waals surface area contributed by atoms with E-state index in [2.05, 4.69) is 57.3 Å². The Morgan fingerprint density at radius 2 is 2.10 bits per heavy atom. The quantitative estimate of drug-likeness (QED) is 0.915. The Hall–Kier alpha value is -1.19. The number of fused-ring (bicyclic) bond motifs is 1. The van der Waals surface area contributed by atoms with Crippen molar-refractivity contribution >= 4 is 11.3 Å². The van der Waals surface area contributed by atoms with Crippen LogP contribution in [-0.2, 0) is 18.4 Å². The summed E-state index contributed by atoms with van der Waals surface area (Å²) in [6, 6.07) is 9.28. The van der Waals surface area contributed by atoms with Crippen molar-refractivity contribution in [2.45, 2.75) is 58.5 Å². The highest BCUT2D eigenvalue weighted by Gasteiger charge is 2.43. The topological polar surface area (TPSA) is 24.9 Å². The van der Waals surface area contributed by atoms with E-state index in [9.17, 15) is 0 Å². The van der Waals surface area contributed by atoms with E-state index in [1.807, 2.05) is 11.3 Å². The van der Waals surface area contributed by atoms with Crippen LogP contribution in [-0.4, -0.2) is 11.0 Å². The maximum Gasteiger partial charge on any atom is 0.118 e. The molecular weight excluding hydrogens is 276 g/mol. The molecule has 1 aromatic heterocycles. The molecule has 0 saturated carbocycles. The minimum absolute atomic E-state index is 0.0897. The number of hydrogen-bond donors (Lipinski definition) is 1. The number of hydrogen-bond acceptors (Lipinski definition) is 3. The van der Waals surface area contributed by atoms with Crippen LogP contribution in [0.5, 0.6) is 0 Å². The molecule has 1 unspecified atom stereocenters. The molecule has 21 heavy (non-hydrogen) atoms. The Kier molecular flexibility index (Phi) is 3.89. The van der Waals surface area contributed by atoms with Gasteiger partial charge in [-0.25, -0.2) is 4.98 Å². The Balaban J connectivity index is 2.15. The van der Waals surface area contributed by atoms with Gasteiger partial charge >= 0.3 is 0 Å². The molecule has 0 saturated heterocycles. The summed E-state index contributed by atoms with van der Waals surface area (Å²) in [5.41, 5.74) is 4.06. The number of nitrogens with one attached hydrogen (secondary N) is 1. The van der Waals surface area contributed by atoms with Crippen LogP contribution in [0.15, 0.2) is 24.3 Å². The van der Waals surface area contributed by atoms with Crippen molar-refractivity contribution in [2.24, 2.45) is 0 Å². The van der Waals surface area contributed by atoms with E-state index < -0.39 is 0 Å². The van der Waals surface area contributed by atoms with Gasteiger partial charge in [-0.15, -0.1) is 11.3 Å². The first-order valence-corrected chi connectivity index (χ1v) is 8.71. The number of thiazole rings is 1. The molecule has 0 spiro atoms. The average Bonchev–Trinajstić information content (AvgIpc) is 3.01. The van der Waals surface area contributed by atoms with Crippen LogP contribution in [0.1, 0.15) is 53.9 Å². The van der Waals surface area contributed by atoms with Crippen LogP contribution in [0.2, 0.25) is 0 Å². The van der Waals surface area contributed by atoms with Crippen molar-refractivity contribution in [3.63, 3.8) is 0 Å². The van der Waals surface area contributed by atoms with E-state index in [1.165, 1.54) is 26.7 Å². The molecule has 112 valence electrons. The molecule has 1 aliphatic rings. The summed E-state index contributed by atoms with van der Waals surface area (Å²) in [6.07, 6.45) is 3.26. The predicted molar refractivity (Wildman–Crippen MR) is 90.0 cm³/mol. The first-order valence-electron chi connectivity index (χ1n) is 7.89. The van der Waals surface area contributed by atoms with Crippen molar-refractivity contribution in [2.75, 3.05) is 0 Å². The third-order valence-corrected chi connectivity index (χ3v) is 5.55. The molecule has 2 nitrogen and oxygen atoms in total. The molecule has 0 bridgehead atoms. The fraction of sp³-hybridized carbons (Fsp3) is 0.500. The molecule has 3 heteroatoms. The fourth-order valence-corrected chi connectivity index (χ4v) is 4.68. The van der Waals surface area contributed by atoms with E-state index in [0.717, 1.165) is 19.3 Å². The van der Waals surface area contributed by atoms with Gasteiger partial charge < -0.3 is 0 Å². The summed E-state index contributed by atoms with van der Waals surface area (Å²) >= 11 is 1.87. The highest BCUT2D eigenvalue weighted by molar-refractivity contribution is 7.11. The van der Waals surface area contributed by atoms with Gasteiger partial charge in [-0.05, 0) is 51.2 Å². The van der Waals surface area contributed by atoms with Crippen LogP contribution < -0.4 is 5.32 Å². The maximum atomic E-state index is 4.99. The molecule has 0 amide bonds. The van der Waals surface area contributed by atoms with Crippen molar-refractivity contribution in [3.05, 3.63) is 51.0 Å². The summed E-state index contributed by atoms with van der Waals surface area (Å²) in [5.74, 6) is 0. The van der Waals surface area contributed by atoms with Gasteiger partial charge in [-0.1, -0.05) is 31.2 Å². The van der Waals surface area contributed by atoms with E-state index >= 15 is 0 Å². The monoisotopic (exact) mass is 300 g/mol. The SMILES string of the molecule is CCc1nc(C2(NC(C)C)CCc3ccccc32)sc1C. The van der Waals surface area contributed by atoms with Gasteiger partial charge in [0.2, 0.25) is 0 Å². The second kappa shape index (κ2) is 5.54. The number of rotatable bonds is 4. The zero-order chi connectivity index (χ0) is 15.0. The summed E-state index contributed by atoms with van der Waals surface area (Å²) in [5, 5.41) is 5.09. The number of aryl methyl sites for hydroxylation is 3. The molecule has 1 atom stereocenters. The second-order valence-electron chi connectivity index (χ2n) is 6.24. The first kappa shape index (κ1) is 14.7. The third kappa shape index (κ3) is 2.43. The second-order valence-corrected chi connectivity index (χ2v) is 7.44. The molecule has 0 fully saturated rings. The summed E-state index contributed by atoms with van der Waals surface area (Å²) in [7, 11) is 0. The number of nitrogens with zero attached hydrogens (tertiary/aromatic N) is 1. The highest BCUT2D eigenvalue weighted by Crippen LogP contribution is 2.44. The molecule has 1 N–H and O–H groups in total. The van der Waals surface area contributed by atoms with Gasteiger partial charge in [0.1, 0.15) is 5.01 Å². The van der Waals surface area contributed by atoms with E-state index in [4.69, 9.17) is 4.98 Å². The lowest BCUT2D eigenvalue weighted by Gasteiger charge is -2.32. The first-order chi connectivity index (χ1) is 10.1. The summed E-state index contributed by atoms with van der Waals surface area (Å²) < 4.78 is 0. The van der Waals surface area contributed by atoms with Crippen molar-refractivity contribution in [1.29, 1.82) is 0 Å². The largest absolute Gasteiger partial charge is 0.299 e. The molecule has 2 aromatic rings. The van der Waals surface area contributed by atoms with E-state index in [1.54, 1.807) is 0 Å². The lowest BCUT2D eigenvalue weighted by atomic mass is 9.91. The zero-order valence-corrected chi connectivity index (χ0v) is 14.2. The van der Waals surface area contributed by atoms with Gasteiger partial charge in [0.25, 0.3) is 0 Å². The zero-order valence-electron chi connectivity index (χ0n) is 13.4. The van der Waals surface area contributed by atoms with Crippen LogP contribution in [0.25, 0.3) is 0 Å². The number of aromatic nitrogens is 1. The standard InChI is InChI=1S/C18H24N2S/c1-5-16-13(4)21-17(19-16)18(20-12(2)3)11-10-14-8-6-7-9-15(14)18/h6-9,12,20H,5,10-11H2,1-4H3. The van der Waals surface area contributed by atoms with Crippen LogP contribution in [0.4, 0.5) is 0 Å². The minimum atomic E-state index is -0.0897. The van der Waals surface area contributed by atoms with Crippen LogP contribution >= 0.6 is 11.3 Å². The van der Waals surface area contributed by atoms with E-state index in [0.29, 0.717) is 6.04 Å². The smallest absolute Gasteiger partial charge is 0.118 e. The molecular formula is C18H24N2S. The van der Waals surface area contributed by atoms with Crippen molar-refractivity contribution in [1.82, 2.24) is 10.3 Å². The van der Waals surface area contributed by atoms with Gasteiger partial charge in [0.15, 0.2) is 0 Å². The molecule has 3 rings (SSSR count). The number of benzene rings is 1. The summed E-state index contributed by atoms with van der Waals surface area (Å²) in [4.78, 5) is 6.35. The van der Waals surface area contributed by atoms with Gasteiger partial charge in [-0.2, -0.15) is 0 Å². The van der Waals surface area contributed by atoms with Gasteiger partial charge in [-0.3, -0.25) is 5.32 Å². The van der Waals surface area contributed by atoms with Crippen molar-refractivity contribution in [3.8, 4) is 0 Å². The fourth-order valence-electron chi connectivity index (χ4n) is 3.48. The lowest BCUT2D eigenvalue weighted by Crippen LogP contribution is -2.45. The van der Waals surface area contributed by atoms with Crippen LogP contribution in [0.3, 0.4) is 0 Å². The van der Waals surface area contributed by atoms with E-state index in [-0.39, 0.29) is 5.54 Å². The Bertz CT molecular complexity index is 644. The minimum Gasteiger partial charge on any atom is -0.299 e. The maximum absolute atomic E-state index is 4.99. The van der Waals surface area contributed by atoms with Gasteiger partial charge in [0.05, 0.1) is 11.2 Å². The van der Waals surface area contributed by atoms with Gasteiger partial charge in [0, 0.05) is 10.9 Å². The lowest BCUT2D eigenvalue weighted by molar-refractivity contribution is 0.361. The Morgan fingerprint density at radius 1 is 1.33 bits per heavy atom. The third-order valence-electron chi connectivity index (χ3n) is 4.37. The normalized spacial score (nSPS) is 21.0. The summed E-state index contributed by atoms with van der Waals surface area (Å²) in [6.45, 7) is 8.84. The molecule has 1 heterocycles. The average molecular weight is 300 g/mol. The molecule has 1 aromatic carbocycles. The predicted octanol–water partition coefficient (Wildman–Crippen LogP) is 4.20. The Labute approximate surface area is 131 Å². The van der Waals surface area contributed by atoms with Crippen LogP contribution in [0, 0.1) is 6.92 Å². The molecule has 0 radical (unpaired) electrons. The molecule has 1 aliphatic carbocycles.